The van der Waals surface area contributed by atoms with Crippen LogP contribution in [0, 0.1) is 0 Å². The molecule has 1 aromatic heterocycles. The molecule has 0 saturated heterocycles. The molecule has 3 N–H and O–H groups in total. The molecule has 3 nitrogen and oxygen atoms in total. The van der Waals surface area contributed by atoms with Crippen LogP contribution in [-0.2, 0) is 6.42 Å². The number of nitrogens with two attached hydrogens (primary N) is 1. The molecule has 0 spiro atoms. The highest BCUT2D eigenvalue weighted by atomic mass is 79.9. The molecule has 0 aliphatic heterocycles. The molecule has 0 aliphatic rings. The lowest BCUT2D eigenvalue weighted by Gasteiger charge is -2.18. The van der Waals surface area contributed by atoms with Crippen molar-refractivity contribution in [1.29, 1.82) is 0 Å². The van der Waals surface area contributed by atoms with Crippen molar-refractivity contribution >= 4 is 27.5 Å². The molecular weight excluding hydrogens is 314 g/mol. The smallest absolute Gasteiger partial charge is 0.0512 e. The van der Waals surface area contributed by atoms with Crippen LogP contribution in [-0.4, -0.2) is 4.98 Å². The average Bonchev–Trinajstić information content (AvgIpc) is 2.40. The van der Waals surface area contributed by atoms with Gasteiger partial charge in [-0.05, 0) is 41.8 Å². The van der Waals surface area contributed by atoms with Crippen LogP contribution in [0.2, 0.25) is 5.02 Å². The Kier molecular flexibility index (Phi) is 4.72. The van der Waals surface area contributed by atoms with Gasteiger partial charge in [0.1, 0.15) is 0 Å². The van der Waals surface area contributed by atoms with Gasteiger partial charge >= 0.3 is 0 Å². The molecule has 0 fully saturated rings. The van der Waals surface area contributed by atoms with Crippen molar-refractivity contribution in [2.75, 3.05) is 0 Å². The van der Waals surface area contributed by atoms with Crippen molar-refractivity contribution in [3.8, 4) is 0 Å². The highest BCUT2D eigenvalue weighted by Crippen LogP contribution is 2.28. The number of benzene rings is 1. The largest absolute Gasteiger partial charge is 0.271 e. The van der Waals surface area contributed by atoms with Crippen molar-refractivity contribution in [2.45, 2.75) is 12.5 Å². The van der Waals surface area contributed by atoms with Crippen LogP contribution in [0.5, 0.6) is 0 Å². The lowest BCUT2D eigenvalue weighted by Crippen LogP contribution is -2.29. The zero-order chi connectivity index (χ0) is 13.0. The second kappa shape index (κ2) is 6.29. The van der Waals surface area contributed by atoms with Crippen LogP contribution in [0.25, 0.3) is 0 Å². The number of hydrogen-bond donors (Lipinski definition) is 2. The molecule has 0 saturated carbocycles. The molecule has 5 heteroatoms. The van der Waals surface area contributed by atoms with Crippen LogP contribution in [0.1, 0.15) is 17.2 Å². The molecule has 1 atom stereocenters. The van der Waals surface area contributed by atoms with Gasteiger partial charge in [-0.15, -0.1) is 0 Å². The number of pyridine rings is 1. The highest BCUT2D eigenvalue weighted by Gasteiger charge is 2.14. The maximum Gasteiger partial charge on any atom is 0.0512 e. The third-order valence-corrected chi connectivity index (χ3v) is 3.65. The molecule has 94 valence electrons. The van der Waals surface area contributed by atoms with Gasteiger partial charge in [0.25, 0.3) is 0 Å². The molecule has 0 amide bonds. The van der Waals surface area contributed by atoms with E-state index in [1.807, 2.05) is 36.5 Å². The Morgan fingerprint density at radius 2 is 2.22 bits per heavy atom. The normalized spacial score (nSPS) is 12.4. The molecule has 1 unspecified atom stereocenters. The van der Waals surface area contributed by atoms with Crippen molar-refractivity contribution in [1.82, 2.24) is 10.4 Å². The number of rotatable bonds is 4. The van der Waals surface area contributed by atoms with Crippen LogP contribution in [0.3, 0.4) is 0 Å². The van der Waals surface area contributed by atoms with E-state index >= 15 is 0 Å². The van der Waals surface area contributed by atoms with Gasteiger partial charge in [0, 0.05) is 21.9 Å². The first-order valence-electron chi connectivity index (χ1n) is 5.50. The molecule has 1 heterocycles. The maximum absolute atomic E-state index is 6.02. The van der Waals surface area contributed by atoms with Gasteiger partial charge in [-0.2, -0.15) is 0 Å². The Morgan fingerprint density at radius 1 is 1.39 bits per heavy atom. The summed E-state index contributed by atoms with van der Waals surface area (Å²) in [6, 6.07) is 9.60. The third kappa shape index (κ3) is 3.29. The van der Waals surface area contributed by atoms with Crippen molar-refractivity contribution < 1.29 is 0 Å². The standard InChI is InChI=1S/C13H13BrClN3/c14-12-4-3-10(15)7-11(12)13(18-16)6-9-2-1-5-17-8-9/h1-5,7-8,13,18H,6,16H2. The average molecular weight is 327 g/mol. The van der Waals surface area contributed by atoms with E-state index in [0.717, 1.165) is 22.0 Å². The van der Waals surface area contributed by atoms with E-state index in [2.05, 4.69) is 26.3 Å². The number of hydrazine groups is 1. The minimum atomic E-state index is -0.0118. The Balaban J connectivity index is 2.26. The Morgan fingerprint density at radius 3 is 2.89 bits per heavy atom. The van der Waals surface area contributed by atoms with E-state index < -0.39 is 0 Å². The van der Waals surface area contributed by atoms with Gasteiger partial charge in [0.2, 0.25) is 0 Å². The summed E-state index contributed by atoms with van der Waals surface area (Å²) < 4.78 is 0.985. The number of nitrogens with one attached hydrogen (secondary N) is 1. The topological polar surface area (TPSA) is 50.9 Å². The summed E-state index contributed by atoms with van der Waals surface area (Å²) in [4.78, 5) is 4.10. The molecule has 1 aromatic carbocycles. The van der Waals surface area contributed by atoms with Crippen LogP contribution >= 0.6 is 27.5 Å². The molecular formula is C13H13BrClN3. The molecule has 2 rings (SSSR count). The lowest BCUT2D eigenvalue weighted by molar-refractivity contribution is 0.549. The second-order valence-corrected chi connectivity index (χ2v) is 5.24. The number of hydrogen-bond acceptors (Lipinski definition) is 3. The summed E-state index contributed by atoms with van der Waals surface area (Å²) >= 11 is 9.53. The van der Waals surface area contributed by atoms with Gasteiger partial charge in [0.15, 0.2) is 0 Å². The number of nitrogens with zero attached hydrogens (tertiary/aromatic N) is 1. The van der Waals surface area contributed by atoms with Crippen LogP contribution < -0.4 is 11.3 Å². The zero-order valence-electron chi connectivity index (χ0n) is 9.61. The molecule has 0 bridgehead atoms. The van der Waals surface area contributed by atoms with Crippen LogP contribution in [0.15, 0.2) is 47.2 Å². The first-order chi connectivity index (χ1) is 8.70. The number of halogens is 2. The summed E-state index contributed by atoms with van der Waals surface area (Å²) in [5.74, 6) is 5.64. The van der Waals surface area contributed by atoms with E-state index in [-0.39, 0.29) is 6.04 Å². The highest BCUT2D eigenvalue weighted by molar-refractivity contribution is 9.10. The predicted octanol–water partition coefficient (Wildman–Crippen LogP) is 3.24. The summed E-state index contributed by atoms with van der Waals surface area (Å²) in [6.07, 6.45) is 4.34. The van der Waals surface area contributed by atoms with Crippen molar-refractivity contribution in [2.24, 2.45) is 5.84 Å². The summed E-state index contributed by atoms with van der Waals surface area (Å²) in [6.45, 7) is 0. The van der Waals surface area contributed by atoms with E-state index in [1.165, 1.54) is 0 Å². The molecule has 2 aromatic rings. The van der Waals surface area contributed by atoms with E-state index in [4.69, 9.17) is 17.4 Å². The van der Waals surface area contributed by atoms with Gasteiger partial charge in [-0.3, -0.25) is 16.3 Å². The third-order valence-electron chi connectivity index (χ3n) is 2.70. The van der Waals surface area contributed by atoms with Crippen molar-refractivity contribution in [3.63, 3.8) is 0 Å². The molecule has 0 aliphatic carbocycles. The maximum atomic E-state index is 6.02. The fourth-order valence-electron chi connectivity index (χ4n) is 1.79. The molecule has 0 radical (unpaired) electrons. The van der Waals surface area contributed by atoms with Gasteiger partial charge in [-0.25, -0.2) is 0 Å². The SMILES string of the molecule is NNC(Cc1cccnc1)c1cc(Cl)ccc1Br. The predicted molar refractivity (Wildman–Crippen MR) is 77.2 cm³/mol. The van der Waals surface area contributed by atoms with Crippen LogP contribution in [0.4, 0.5) is 0 Å². The van der Waals surface area contributed by atoms with E-state index in [0.29, 0.717) is 5.02 Å². The van der Waals surface area contributed by atoms with E-state index in [9.17, 15) is 0 Å². The minimum Gasteiger partial charge on any atom is -0.271 e. The minimum absolute atomic E-state index is 0.0118. The lowest BCUT2D eigenvalue weighted by atomic mass is 10.0. The van der Waals surface area contributed by atoms with Gasteiger partial charge in [0.05, 0.1) is 6.04 Å². The van der Waals surface area contributed by atoms with Gasteiger partial charge in [-0.1, -0.05) is 33.6 Å². The van der Waals surface area contributed by atoms with Crippen molar-refractivity contribution in [3.05, 3.63) is 63.3 Å². The fourth-order valence-corrected chi connectivity index (χ4v) is 2.50. The summed E-state index contributed by atoms with van der Waals surface area (Å²) in [5, 5.41) is 0.694. The Hall–Kier alpha value is -0.940. The zero-order valence-corrected chi connectivity index (χ0v) is 11.9. The van der Waals surface area contributed by atoms with E-state index in [1.54, 1.807) is 6.20 Å². The first-order valence-corrected chi connectivity index (χ1v) is 6.68. The fraction of sp³-hybridized carbons (Fsp3) is 0.154. The Bertz CT molecular complexity index is 519. The summed E-state index contributed by atoms with van der Waals surface area (Å²) in [7, 11) is 0. The first kappa shape index (κ1) is 13.5. The summed E-state index contributed by atoms with van der Waals surface area (Å²) in [5.41, 5.74) is 4.97. The number of aromatic nitrogens is 1. The Labute approximate surface area is 119 Å². The second-order valence-electron chi connectivity index (χ2n) is 3.95. The monoisotopic (exact) mass is 325 g/mol. The molecule has 18 heavy (non-hydrogen) atoms. The van der Waals surface area contributed by atoms with Gasteiger partial charge < -0.3 is 0 Å². The quantitative estimate of drug-likeness (QED) is 0.670.